The maximum absolute atomic E-state index is 13.5. The molecule has 2 amide bonds. The molecule has 0 aliphatic carbocycles. The number of hydrogen-bond donors (Lipinski definition) is 0. The number of aryl methyl sites for hydroxylation is 1. The third-order valence-corrected chi connectivity index (χ3v) is 6.17. The van der Waals surface area contributed by atoms with Gasteiger partial charge in [0.15, 0.2) is 6.10 Å². The Morgan fingerprint density at radius 1 is 0.939 bits per heavy atom. The van der Waals surface area contributed by atoms with Gasteiger partial charge in [0.25, 0.3) is 11.6 Å². The van der Waals surface area contributed by atoms with Crippen molar-refractivity contribution in [1.82, 2.24) is 0 Å². The van der Waals surface area contributed by atoms with Gasteiger partial charge in [0.05, 0.1) is 22.3 Å². The van der Waals surface area contributed by atoms with Gasteiger partial charge in [0.1, 0.15) is 5.92 Å². The van der Waals surface area contributed by atoms with Gasteiger partial charge < -0.3 is 0 Å². The third kappa shape index (κ3) is 3.53. The van der Waals surface area contributed by atoms with E-state index in [9.17, 15) is 19.7 Å². The number of amides is 2. The molecule has 3 atom stereocenters. The molecule has 0 unspecified atom stereocenters. The Morgan fingerprint density at radius 3 is 2.30 bits per heavy atom. The zero-order valence-corrected chi connectivity index (χ0v) is 18.2. The molecule has 33 heavy (non-hydrogen) atoms. The molecule has 0 N–H and O–H groups in total. The molecule has 0 spiro atoms. The van der Waals surface area contributed by atoms with Crippen molar-refractivity contribution in [2.45, 2.75) is 19.1 Å². The number of halogens is 1. The van der Waals surface area contributed by atoms with Crippen LogP contribution in [0.1, 0.15) is 17.2 Å². The third-order valence-electron chi connectivity index (χ3n) is 5.91. The monoisotopic (exact) mass is 463 g/mol. The van der Waals surface area contributed by atoms with E-state index in [2.05, 4.69) is 0 Å². The van der Waals surface area contributed by atoms with Gasteiger partial charge in [-0.25, -0.2) is 9.96 Å². The van der Waals surface area contributed by atoms with Crippen molar-refractivity contribution in [2.24, 2.45) is 5.92 Å². The summed E-state index contributed by atoms with van der Waals surface area (Å²) in [5.74, 6) is -1.71. The summed E-state index contributed by atoms with van der Waals surface area (Å²) in [6.07, 6.45) is -1.06. The quantitative estimate of drug-likeness (QED) is 0.319. The fourth-order valence-corrected chi connectivity index (χ4v) is 4.46. The number of anilines is 2. The molecule has 0 aromatic heterocycles. The summed E-state index contributed by atoms with van der Waals surface area (Å²) in [6, 6.07) is 19.3. The van der Waals surface area contributed by atoms with Gasteiger partial charge in [-0.15, -0.1) is 0 Å². The van der Waals surface area contributed by atoms with Crippen molar-refractivity contribution in [3.8, 4) is 0 Å². The number of carbonyl (C=O) groups excluding carboxylic acids is 2. The van der Waals surface area contributed by atoms with E-state index in [0.29, 0.717) is 16.4 Å². The average Bonchev–Trinajstić information content (AvgIpc) is 3.31. The number of nitrogens with zero attached hydrogens (tertiary/aromatic N) is 3. The van der Waals surface area contributed by atoms with E-state index in [1.54, 1.807) is 36.4 Å². The van der Waals surface area contributed by atoms with Crippen molar-refractivity contribution in [3.05, 3.63) is 99.1 Å². The van der Waals surface area contributed by atoms with Crippen molar-refractivity contribution >= 4 is 40.5 Å². The molecule has 0 bridgehead atoms. The highest BCUT2D eigenvalue weighted by Gasteiger charge is 2.60. The van der Waals surface area contributed by atoms with Crippen LogP contribution in [-0.4, -0.2) is 22.8 Å². The Hall–Kier alpha value is -3.75. The molecular formula is C24H18ClN3O5. The summed E-state index contributed by atoms with van der Waals surface area (Å²) in [7, 11) is 0. The first-order valence-electron chi connectivity index (χ1n) is 10.3. The van der Waals surface area contributed by atoms with Crippen LogP contribution in [0.25, 0.3) is 0 Å². The van der Waals surface area contributed by atoms with Crippen LogP contribution < -0.4 is 9.96 Å². The van der Waals surface area contributed by atoms with E-state index < -0.39 is 34.8 Å². The van der Waals surface area contributed by atoms with E-state index in [0.717, 1.165) is 16.0 Å². The van der Waals surface area contributed by atoms with E-state index in [1.165, 1.54) is 17.2 Å². The lowest BCUT2D eigenvalue weighted by Gasteiger charge is -2.28. The summed E-state index contributed by atoms with van der Waals surface area (Å²) in [6.45, 7) is 1.95. The molecule has 3 aromatic carbocycles. The molecular weight excluding hydrogens is 446 g/mol. The van der Waals surface area contributed by atoms with E-state index in [1.807, 2.05) is 31.2 Å². The molecule has 8 nitrogen and oxygen atoms in total. The zero-order valence-electron chi connectivity index (χ0n) is 17.4. The van der Waals surface area contributed by atoms with Crippen LogP contribution in [0, 0.1) is 23.0 Å². The molecule has 3 aromatic rings. The summed E-state index contributed by atoms with van der Waals surface area (Å²) in [4.78, 5) is 44.8. The number of nitro benzene ring substituents is 1. The predicted molar refractivity (Wildman–Crippen MR) is 122 cm³/mol. The smallest absolute Gasteiger partial charge is 0.271 e. The van der Waals surface area contributed by atoms with Gasteiger partial charge in [-0.3, -0.25) is 24.5 Å². The Balaban J connectivity index is 1.59. The van der Waals surface area contributed by atoms with Gasteiger partial charge in [-0.2, -0.15) is 0 Å². The number of fused-ring (bicyclic) bond motifs is 1. The number of hydroxylamine groups is 1. The second-order valence-electron chi connectivity index (χ2n) is 8.00. The topological polar surface area (TPSA) is 93.0 Å². The minimum absolute atomic E-state index is 0.115. The largest absolute Gasteiger partial charge is 0.273 e. The molecule has 5 rings (SSSR count). The van der Waals surface area contributed by atoms with Crippen LogP contribution in [0.5, 0.6) is 0 Å². The SMILES string of the molecule is Cc1ccc([C@@H]2[C@H]3C(=O)N(c4ccc(Cl)cc4)C(=O)[C@@H]3ON2c2cccc([N+](=O)[O-])c2)cc1. The van der Waals surface area contributed by atoms with Gasteiger partial charge in [-0.1, -0.05) is 47.5 Å². The highest BCUT2D eigenvalue weighted by molar-refractivity contribution is 6.31. The lowest BCUT2D eigenvalue weighted by molar-refractivity contribution is -0.384. The maximum Gasteiger partial charge on any atom is 0.271 e. The van der Waals surface area contributed by atoms with Gasteiger partial charge in [-0.05, 0) is 42.8 Å². The summed E-state index contributed by atoms with van der Waals surface area (Å²) < 4.78 is 0. The number of non-ortho nitro benzene ring substituents is 1. The summed E-state index contributed by atoms with van der Waals surface area (Å²) >= 11 is 5.96. The minimum atomic E-state index is -1.06. The molecule has 0 radical (unpaired) electrons. The average molecular weight is 464 g/mol. The molecule has 2 aliphatic rings. The van der Waals surface area contributed by atoms with Crippen LogP contribution in [0.3, 0.4) is 0 Å². The molecule has 2 aliphatic heterocycles. The van der Waals surface area contributed by atoms with Crippen molar-refractivity contribution < 1.29 is 19.3 Å². The normalized spacial score (nSPS) is 22.1. The highest BCUT2D eigenvalue weighted by atomic mass is 35.5. The lowest BCUT2D eigenvalue weighted by Crippen LogP contribution is -2.37. The predicted octanol–water partition coefficient (Wildman–Crippen LogP) is 4.61. The van der Waals surface area contributed by atoms with Crippen molar-refractivity contribution in [3.63, 3.8) is 0 Å². The second kappa shape index (κ2) is 7.99. The highest BCUT2D eigenvalue weighted by Crippen LogP contribution is 2.48. The number of imide groups is 1. The van der Waals surface area contributed by atoms with E-state index in [-0.39, 0.29) is 5.69 Å². The Kier molecular flexibility index (Phi) is 5.11. The van der Waals surface area contributed by atoms with E-state index in [4.69, 9.17) is 16.4 Å². The number of benzene rings is 3. The first-order valence-corrected chi connectivity index (χ1v) is 10.6. The van der Waals surface area contributed by atoms with Gasteiger partial charge >= 0.3 is 0 Å². The zero-order chi connectivity index (χ0) is 23.3. The molecule has 0 saturated carbocycles. The van der Waals surface area contributed by atoms with Gasteiger partial charge in [0, 0.05) is 17.2 Å². The first-order chi connectivity index (χ1) is 15.8. The van der Waals surface area contributed by atoms with Crippen molar-refractivity contribution in [2.75, 3.05) is 9.96 Å². The number of hydrogen-bond acceptors (Lipinski definition) is 6. The van der Waals surface area contributed by atoms with Crippen LogP contribution in [0.4, 0.5) is 17.1 Å². The number of carbonyl (C=O) groups is 2. The van der Waals surface area contributed by atoms with Crippen LogP contribution in [-0.2, 0) is 14.4 Å². The van der Waals surface area contributed by atoms with Crippen molar-refractivity contribution in [1.29, 1.82) is 0 Å². The first kappa shape index (κ1) is 21.1. The van der Waals surface area contributed by atoms with Crippen LogP contribution in [0.15, 0.2) is 72.8 Å². The van der Waals surface area contributed by atoms with E-state index >= 15 is 0 Å². The fourth-order valence-electron chi connectivity index (χ4n) is 4.33. The molecule has 166 valence electrons. The fraction of sp³-hybridized carbons (Fsp3) is 0.167. The van der Waals surface area contributed by atoms with Crippen LogP contribution >= 0.6 is 11.6 Å². The second-order valence-corrected chi connectivity index (χ2v) is 8.43. The number of nitro groups is 1. The summed E-state index contributed by atoms with van der Waals surface area (Å²) in [5.41, 5.74) is 2.49. The Morgan fingerprint density at radius 2 is 1.64 bits per heavy atom. The van der Waals surface area contributed by atoms with Gasteiger partial charge in [0.2, 0.25) is 5.91 Å². The maximum atomic E-state index is 13.5. The lowest BCUT2D eigenvalue weighted by atomic mass is 9.90. The molecule has 2 fully saturated rings. The Labute approximate surface area is 194 Å². The number of rotatable bonds is 4. The Bertz CT molecular complexity index is 1260. The minimum Gasteiger partial charge on any atom is -0.273 e. The summed E-state index contributed by atoms with van der Waals surface area (Å²) in [5, 5.41) is 13.2. The molecule has 9 heteroatoms. The van der Waals surface area contributed by atoms with Crippen LogP contribution in [0.2, 0.25) is 5.02 Å². The molecule has 2 heterocycles. The molecule has 2 saturated heterocycles. The standard InChI is InChI=1S/C24H18ClN3O5/c1-14-5-7-15(8-6-14)21-20-22(33-27(21)18-3-2-4-19(13-18)28(31)32)24(30)26(23(20)29)17-11-9-16(25)10-12-17/h2-13,20-22H,1H3/t20-,21-,22-/m1/s1.